The number of carbonyl (C=O) groups is 1. The van der Waals surface area contributed by atoms with Gasteiger partial charge in [0.25, 0.3) is 0 Å². The van der Waals surface area contributed by atoms with E-state index >= 15 is 0 Å². The van der Waals surface area contributed by atoms with Gasteiger partial charge in [-0.3, -0.25) is 0 Å². The Kier molecular flexibility index (Phi) is 2.88. The second-order valence-corrected chi connectivity index (χ2v) is 3.45. The van der Waals surface area contributed by atoms with Gasteiger partial charge in [-0.15, -0.1) is 0 Å². The fourth-order valence-corrected chi connectivity index (χ4v) is 1.15. The van der Waals surface area contributed by atoms with Crippen molar-refractivity contribution in [3.05, 3.63) is 28.5 Å². The normalized spacial score (nSPS) is 10.5. The first-order chi connectivity index (χ1) is 6.00. The van der Waals surface area contributed by atoms with Crippen molar-refractivity contribution < 1.29 is 9.90 Å². The Morgan fingerprint density at radius 3 is 2.62 bits per heavy atom. The lowest BCUT2D eigenvalue weighted by molar-refractivity contribution is 0.0696. The van der Waals surface area contributed by atoms with Gasteiger partial charge in [-0.05, 0) is 18.1 Å². The van der Waals surface area contributed by atoms with E-state index < -0.39 is 5.97 Å². The maximum absolute atomic E-state index is 10.6. The highest BCUT2D eigenvalue weighted by Crippen LogP contribution is 2.17. The van der Waals surface area contributed by atoms with E-state index in [1.54, 1.807) is 6.07 Å². The maximum atomic E-state index is 10.6. The standard InChI is InChI=1S/C9H10ClNO2/c1-5(2)7-3-6(9(12)13)4-8(10)11-7/h3-5H,1-2H3,(H,12,13). The molecule has 13 heavy (non-hydrogen) atoms. The second-order valence-electron chi connectivity index (χ2n) is 3.06. The van der Waals surface area contributed by atoms with Gasteiger partial charge in [-0.1, -0.05) is 25.4 Å². The summed E-state index contributed by atoms with van der Waals surface area (Å²) in [6, 6.07) is 2.88. The molecule has 0 aliphatic carbocycles. The largest absolute Gasteiger partial charge is 0.478 e. The van der Waals surface area contributed by atoms with Crippen molar-refractivity contribution in [2.24, 2.45) is 0 Å². The molecule has 0 saturated carbocycles. The number of halogens is 1. The van der Waals surface area contributed by atoms with Gasteiger partial charge in [0, 0.05) is 5.69 Å². The van der Waals surface area contributed by atoms with E-state index in [-0.39, 0.29) is 16.6 Å². The molecule has 0 aromatic carbocycles. The minimum Gasteiger partial charge on any atom is -0.478 e. The second kappa shape index (κ2) is 3.75. The maximum Gasteiger partial charge on any atom is 0.335 e. The molecule has 1 heterocycles. The summed E-state index contributed by atoms with van der Waals surface area (Å²) in [5.74, 6) is -0.803. The Balaban J connectivity index is 3.19. The molecule has 0 amide bonds. The van der Waals surface area contributed by atoms with Gasteiger partial charge in [0.2, 0.25) is 0 Å². The molecule has 0 bridgehead atoms. The Hall–Kier alpha value is -1.09. The van der Waals surface area contributed by atoms with Crippen molar-refractivity contribution in [2.75, 3.05) is 0 Å². The summed E-state index contributed by atoms with van der Waals surface area (Å²) in [5, 5.41) is 8.95. The van der Waals surface area contributed by atoms with E-state index in [2.05, 4.69) is 4.98 Å². The quantitative estimate of drug-likeness (QED) is 0.745. The average Bonchev–Trinajstić information content (AvgIpc) is 2.03. The van der Waals surface area contributed by atoms with Crippen LogP contribution in [0.5, 0.6) is 0 Å². The summed E-state index contributed by atoms with van der Waals surface area (Å²) in [4.78, 5) is 14.7. The molecule has 0 unspecified atom stereocenters. The van der Waals surface area contributed by atoms with Crippen molar-refractivity contribution >= 4 is 17.6 Å². The summed E-state index contributed by atoms with van der Waals surface area (Å²) in [7, 11) is 0. The first kappa shape index (κ1) is 9.99. The molecule has 1 aromatic rings. The van der Waals surface area contributed by atoms with Gasteiger partial charge in [0.15, 0.2) is 0 Å². The van der Waals surface area contributed by atoms with Gasteiger partial charge in [0.05, 0.1) is 5.56 Å². The fourth-order valence-electron chi connectivity index (χ4n) is 0.936. The Morgan fingerprint density at radius 2 is 2.15 bits per heavy atom. The summed E-state index contributed by atoms with van der Waals surface area (Å²) in [6.07, 6.45) is 0. The van der Waals surface area contributed by atoms with Gasteiger partial charge >= 0.3 is 5.97 Å². The van der Waals surface area contributed by atoms with Crippen LogP contribution in [0.15, 0.2) is 12.1 Å². The number of hydrogen-bond acceptors (Lipinski definition) is 2. The monoisotopic (exact) mass is 199 g/mol. The first-order valence-corrected chi connectivity index (χ1v) is 4.29. The van der Waals surface area contributed by atoms with Crippen LogP contribution in [-0.4, -0.2) is 16.1 Å². The zero-order valence-corrected chi connectivity index (χ0v) is 8.17. The van der Waals surface area contributed by atoms with E-state index in [1.807, 2.05) is 13.8 Å². The zero-order valence-electron chi connectivity index (χ0n) is 7.41. The molecule has 0 atom stereocenters. The van der Waals surface area contributed by atoms with Crippen molar-refractivity contribution in [1.82, 2.24) is 4.98 Å². The van der Waals surface area contributed by atoms with E-state index in [4.69, 9.17) is 16.7 Å². The van der Waals surface area contributed by atoms with E-state index in [0.717, 1.165) is 0 Å². The molecule has 1 rings (SSSR count). The van der Waals surface area contributed by atoms with Gasteiger partial charge in [0.1, 0.15) is 5.15 Å². The number of pyridine rings is 1. The number of rotatable bonds is 2. The molecule has 1 aromatic heterocycles. The third kappa shape index (κ3) is 2.42. The highest BCUT2D eigenvalue weighted by molar-refractivity contribution is 6.29. The molecule has 0 saturated heterocycles. The Bertz CT molecular complexity index is 336. The summed E-state index contributed by atoms with van der Waals surface area (Å²) >= 11 is 5.66. The predicted molar refractivity (Wildman–Crippen MR) is 50.3 cm³/mol. The summed E-state index contributed by atoms with van der Waals surface area (Å²) < 4.78 is 0. The topological polar surface area (TPSA) is 50.2 Å². The molecule has 1 N–H and O–H groups in total. The average molecular weight is 200 g/mol. The number of carboxylic acids is 1. The Morgan fingerprint density at radius 1 is 1.54 bits per heavy atom. The number of aromatic carboxylic acids is 1. The lowest BCUT2D eigenvalue weighted by atomic mass is 10.1. The summed E-state index contributed by atoms with van der Waals surface area (Å²) in [5.41, 5.74) is 0.883. The summed E-state index contributed by atoms with van der Waals surface area (Å²) in [6.45, 7) is 3.87. The SMILES string of the molecule is CC(C)c1cc(C(=O)O)cc(Cl)n1. The molecule has 70 valence electrons. The third-order valence-electron chi connectivity index (χ3n) is 1.65. The molecule has 0 fully saturated rings. The van der Waals surface area contributed by atoms with Crippen LogP contribution >= 0.6 is 11.6 Å². The molecule has 0 aliphatic rings. The molecule has 0 radical (unpaired) electrons. The van der Waals surface area contributed by atoms with Crippen LogP contribution in [-0.2, 0) is 0 Å². The minimum absolute atomic E-state index is 0.178. The highest BCUT2D eigenvalue weighted by atomic mass is 35.5. The molecule has 0 spiro atoms. The lowest BCUT2D eigenvalue weighted by Gasteiger charge is -2.05. The van der Waals surface area contributed by atoms with Crippen LogP contribution in [0.25, 0.3) is 0 Å². The van der Waals surface area contributed by atoms with Crippen molar-refractivity contribution in [1.29, 1.82) is 0 Å². The van der Waals surface area contributed by atoms with Crippen molar-refractivity contribution in [2.45, 2.75) is 19.8 Å². The predicted octanol–water partition coefficient (Wildman–Crippen LogP) is 2.56. The third-order valence-corrected chi connectivity index (χ3v) is 1.85. The molecule has 3 nitrogen and oxygen atoms in total. The molecular formula is C9H10ClNO2. The van der Waals surface area contributed by atoms with Gasteiger partial charge < -0.3 is 5.11 Å². The number of aromatic nitrogens is 1. The smallest absolute Gasteiger partial charge is 0.335 e. The number of nitrogens with zero attached hydrogens (tertiary/aromatic N) is 1. The Labute approximate surface area is 81.4 Å². The molecule has 4 heteroatoms. The highest BCUT2D eigenvalue weighted by Gasteiger charge is 2.09. The van der Waals surface area contributed by atoms with Gasteiger partial charge in [-0.25, -0.2) is 9.78 Å². The fraction of sp³-hybridized carbons (Fsp3) is 0.333. The van der Waals surface area contributed by atoms with E-state index in [1.165, 1.54) is 6.07 Å². The van der Waals surface area contributed by atoms with Crippen LogP contribution < -0.4 is 0 Å². The molecular weight excluding hydrogens is 190 g/mol. The lowest BCUT2D eigenvalue weighted by Crippen LogP contribution is -2.01. The van der Waals surface area contributed by atoms with Crippen molar-refractivity contribution in [3.8, 4) is 0 Å². The molecule has 0 aliphatic heterocycles. The number of carboxylic acid groups (broad SMARTS) is 1. The van der Waals surface area contributed by atoms with Crippen molar-refractivity contribution in [3.63, 3.8) is 0 Å². The van der Waals surface area contributed by atoms with Crippen LogP contribution in [0.4, 0.5) is 0 Å². The van der Waals surface area contributed by atoms with Crippen LogP contribution in [0.1, 0.15) is 35.8 Å². The van der Waals surface area contributed by atoms with Gasteiger partial charge in [-0.2, -0.15) is 0 Å². The van der Waals surface area contributed by atoms with E-state index in [0.29, 0.717) is 5.69 Å². The van der Waals surface area contributed by atoms with Crippen LogP contribution in [0, 0.1) is 0 Å². The first-order valence-electron chi connectivity index (χ1n) is 3.91. The zero-order chi connectivity index (χ0) is 10.0. The number of hydrogen-bond donors (Lipinski definition) is 1. The minimum atomic E-state index is -0.980. The van der Waals surface area contributed by atoms with Crippen LogP contribution in [0.2, 0.25) is 5.15 Å². The van der Waals surface area contributed by atoms with Crippen LogP contribution in [0.3, 0.4) is 0 Å². The van der Waals surface area contributed by atoms with E-state index in [9.17, 15) is 4.79 Å².